The van der Waals surface area contributed by atoms with Crippen LogP contribution >= 0.6 is 0 Å². The molecule has 0 amide bonds. The fourth-order valence-corrected chi connectivity index (χ4v) is 3.56. The lowest BCUT2D eigenvalue weighted by Gasteiger charge is -2.20. The first-order valence-electron chi connectivity index (χ1n) is 8.83. The molecule has 0 radical (unpaired) electrons. The largest absolute Gasteiger partial charge is 0.0654 e. The second-order valence-electron chi connectivity index (χ2n) is 6.75. The summed E-state index contributed by atoms with van der Waals surface area (Å²) >= 11 is 0. The molecule has 1 aliphatic rings. The summed E-state index contributed by atoms with van der Waals surface area (Å²) < 4.78 is 0. The molecule has 2 atom stereocenters. The predicted molar refractivity (Wildman–Crippen MR) is 83.0 cm³/mol. The normalized spacial score (nSPS) is 27.7. The number of unbranched alkanes of at least 4 members (excludes halogenated alkanes) is 3. The molecule has 0 heterocycles. The van der Waals surface area contributed by atoms with E-state index in [0.717, 1.165) is 11.8 Å². The van der Waals surface area contributed by atoms with Gasteiger partial charge in [-0.1, -0.05) is 97.3 Å². The number of hydrogen-bond donors (Lipinski definition) is 0. The molecule has 0 bridgehead atoms. The molecule has 1 saturated carbocycles. The highest BCUT2D eigenvalue weighted by Crippen LogP contribution is 2.28. The Bertz CT molecular complexity index is 173. The lowest BCUT2D eigenvalue weighted by Crippen LogP contribution is -2.07. The van der Waals surface area contributed by atoms with Gasteiger partial charge in [0, 0.05) is 0 Å². The second kappa shape index (κ2) is 10.9. The van der Waals surface area contributed by atoms with E-state index in [9.17, 15) is 0 Å². The van der Waals surface area contributed by atoms with Crippen molar-refractivity contribution in [3.63, 3.8) is 0 Å². The van der Waals surface area contributed by atoms with Crippen LogP contribution in [0.5, 0.6) is 0 Å². The van der Waals surface area contributed by atoms with Gasteiger partial charge in [-0.3, -0.25) is 0 Å². The molecule has 0 saturated heterocycles. The molecule has 0 aromatic carbocycles. The van der Waals surface area contributed by atoms with E-state index in [1.165, 1.54) is 89.9 Å². The molecule has 1 aliphatic carbocycles. The van der Waals surface area contributed by atoms with Crippen molar-refractivity contribution >= 4 is 0 Å². The van der Waals surface area contributed by atoms with E-state index in [-0.39, 0.29) is 0 Å². The standard InChI is InChI=1S/C18H36/c1-3-4-5-11-14-18-15-12-9-7-6-8-10-13-17(2)16-18/h17-18H,3-16H2,1-2H3. The van der Waals surface area contributed by atoms with Crippen molar-refractivity contribution in [1.82, 2.24) is 0 Å². The van der Waals surface area contributed by atoms with Crippen LogP contribution in [0, 0.1) is 11.8 Å². The van der Waals surface area contributed by atoms with Crippen LogP contribution in [0.4, 0.5) is 0 Å². The van der Waals surface area contributed by atoms with Crippen LogP contribution in [0.1, 0.15) is 104 Å². The summed E-state index contributed by atoms with van der Waals surface area (Å²) in [5.74, 6) is 2.04. The second-order valence-corrected chi connectivity index (χ2v) is 6.75. The van der Waals surface area contributed by atoms with Gasteiger partial charge in [-0.15, -0.1) is 0 Å². The summed E-state index contributed by atoms with van der Waals surface area (Å²) in [5.41, 5.74) is 0. The third kappa shape index (κ3) is 8.16. The Kier molecular flexibility index (Phi) is 9.70. The van der Waals surface area contributed by atoms with E-state index < -0.39 is 0 Å². The molecular weight excluding hydrogens is 216 g/mol. The highest BCUT2D eigenvalue weighted by atomic mass is 14.2. The van der Waals surface area contributed by atoms with Crippen molar-refractivity contribution < 1.29 is 0 Å². The van der Waals surface area contributed by atoms with Crippen LogP contribution in [0.15, 0.2) is 0 Å². The van der Waals surface area contributed by atoms with Crippen LogP contribution in [0.25, 0.3) is 0 Å². The van der Waals surface area contributed by atoms with E-state index in [2.05, 4.69) is 13.8 Å². The van der Waals surface area contributed by atoms with E-state index in [1.807, 2.05) is 0 Å². The van der Waals surface area contributed by atoms with Gasteiger partial charge in [0.2, 0.25) is 0 Å². The van der Waals surface area contributed by atoms with Gasteiger partial charge in [-0.05, 0) is 18.3 Å². The molecule has 0 nitrogen and oxygen atoms in total. The summed E-state index contributed by atoms with van der Waals surface area (Å²) in [5, 5.41) is 0. The maximum Gasteiger partial charge on any atom is -0.0412 e. The quantitative estimate of drug-likeness (QED) is 0.476. The fraction of sp³-hybridized carbons (Fsp3) is 1.00. The lowest BCUT2D eigenvalue weighted by atomic mass is 9.86. The Hall–Kier alpha value is 0. The Labute approximate surface area is 116 Å². The minimum atomic E-state index is 0.985. The molecule has 2 unspecified atom stereocenters. The molecular formula is C18H36. The first-order chi connectivity index (χ1) is 8.83. The van der Waals surface area contributed by atoms with Gasteiger partial charge in [0.05, 0.1) is 0 Å². The monoisotopic (exact) mass is 252 g/mol. The van der Waals surface area contributed by atoms with E-state index in [1.54, 1.807) is 0 Å². The van der Waals surface area contributed by atoms with Crippen molar-refractivity contribution in [2.45, 2.75) is 104 Å². The van der Waals surface area contributed by atoms with Gasteiger partial charge >= 0.3 is 0 Å². The van der Waals surface area contributed by atoms with Crippen LogP contribution < -0.4 is 0 Å². The Balaban J connectivity index is 2.25. The maximum absolute atomic E-state index is 2.50. The zero-order chi connectivity index (χ0) is 13.1. The third-order valence-corrected chi connectivity index (χ3v) is 4.76. The van der Waals surface area contributed by atoms with E-state index in [0.29, 0.717) is 0 Å². The van der Waals surface area contributed by atoms with Gasteiger partial charge in [0.15, 0.2) is 0 Å². The number of hydrogen-bond acceptors (Lipinski definition) is 0. The van der Waals surface area contributed by atoms with Crippen LogP contribution in [-0.4, -0.2) is 0 Å². The number of rotatable bonds is 5. The zero-order valence-electron chi connectivity index (χ0n) is 13.1. The molecule has 18 heavy (non-hydrogen) atoms. The summed E-state index contributed by atoms with van der Waals surface area (Å²) in [6, 6.07) is 0. The fourth-order valence-electron chi connectivity index (χ4n) is 3.56. The molecule has 108 valence electrons. The van der Waals surface area contributed by atoms with Gasteiger partial charge in [-0.2, -0.15) is 0 Å². The first kappa shape index (κ1) is 16.1. The highest BCUT2D eigenvalue weighted by molar-refractivity contribution is 4.66. The predicted octanol–water partition coefficient (Wildman–Crippen LogP) is 6.73. The third-order valence-electron chi connectivity index (χ3n) is 4.76. The highest BCUT2D eigenvalue weighted by Gasteiger charge is 2.13. The summed E-state index contributed by atoms with van der Waals surface area (Å²) in [6.07, 6.45) is 20.8. The van der Waals surface area contributed by atoms with Gasteiger partial charge in [0.1, 0.15) is 0 Å². The van der Waals surface area contributed by atoms with Crippen LogP contribution in [-0.2, 0) is 0 Å². The zero-order valence-corrected chi connectivity index (χ0v) is 13.1. The Morgan fingerprint density at radius 2 is 1.44 bits per heavy atom. The molecule has 0 heteroatoms. The van der Waals surface area contributed by atoms with Gasteiger partial charge < -0.3 is 0 Å². The molecule has 0 aromatic rings. The minimum absolute atomic E-state index is 0.985. The van der Waals surface area contributed by atoms with Crippen molar-refractivity contribution in [3.05, 3.63) is 0 Å². The van der Waals surface area contributed by atoms with Gasteiger partial charge in [0.25, 0.3) is 0 Å². The van der Waals surface area contributed by atoms with Crippen LogP contribution in [0.3, 0.4) is 0 Å². The summed E-state index contributed by atoms with van der Waals surface area (Å²) in [7, 11) is 0. The van der Waals surface area contributed by atoms with Crippen molar-refractivity contribution in [1.29, 1.82) is 0 Å². The molecule has 1 fully saturated rings. The van der Waals surface area contributed by atoms with Crippen molar-refractivity contribution in [3.8, 4) is 0 Å². The average Bonchev–Trinajstić information content (AvgIpc) is 2.40. The van der Waals surface area contributed by atoms with Crippen molar-refractivity contribution in [2.75, 3.05) is 0 Å². The average molecular weight is 252 g/mol. The topological polar surface area (TPSA) is 0 Å². The van der Waals surface area contributed by atoms with E-state index >= 15 is 0 Å². The Morgan fingerprint density at radius 3 is 2.17 bits per heavy atom. The summed E-state index contributed by atoms with van der Waals surface area (Å²) in [4.78, 5) is 0. The SMILES string of the molecule is CCCCCCC1CCCCCCCCC(C)C1. The summed E-state index contributed by atoms with van der Waals surface area (Å²) in [6.45, 7) is 4.81. The van der Waals surface area contributed by atoms with E-state index in [4.69, 9.17) is 0 Å². The minimum Gasteiger partial charge on any atom is -0.0654 e. The molecule has 0 N–H and O–H groups in total. The van der Waals surface area contributed by atoms with Gasteiger partial charge in [-0.25, -0.2) is 0 Å². The molecule has 0 aromatic heterocycles. The maximum atomic E-state index is 2.50. The van der Waals surface area contributed by atoms with Crippen LogP contribution in [0.2, 0.25) is 0 Å². The molecule has 1 rings (SSSR count). The molecule has 0 aliphatic heterocycles. The first-order valence-corrected chi connectivity index (χ1v) is 8.83. The Morgan fingerprint density at radius 1 is 0.778 bits per heavy atom. The lowest BCUT2D eigenvalue weighted by molar-refractivity contribution is 0.320. The molecule has 0 spiro atoms. The smallest absolute Gasteiger partial charge is 0.0412 e. The van der Waals surface area contributed by atoms with Crippen molar-refractivity contribution in [2.24, 2.45) is 11.8 Å².